The van der Waals surface area contributed by atoms with Gasteiger partial charge in [-0.15, -0.1) is 0 Å². The number of nitrogens with zero attached hydrogens (tertiary/aromatic N) is 3. The van der Waals surface area contributed by atoms with Gasteiger partial charge in [0.25, 0.3) is 0 Å². The number of nitrogen functional groups attached to an aromatic ring is 1. The highest BCUT2D eigenvalue weighted by Crippen LogP contribution is 2.37. The molecule has 8 heteroatoms. The van der Waals surface area contributed by atoms with Crippen LogP contribution in [0.2, 0.25) is 5.15 Å². The van der Waals surface area contributed by atoms with E-state index in [-0.39, 0.29) is 23.8 Å². The van der Waals surface area contributed by atoms with Gasteiger partial charge in [-0.1, -0.05) is 17.7 Å². The van der Waals surface area contributed by atoms with E-state index in [2.05, 4.69) is 20.3 Å². The van der Waals surface area contributed by atoms with Crippen LogP contribution < -0.4 is 11.1 Å². The SMILES string of the molecule is Cc1ccc2c(n1)C=C(c1c(Cl)nc(N)nc1NC1CCC(CO)C1)OC2. The van der Waals surface area contributed by atoms with Crippen LogP contribution in [0.4, 0.5) is 11.8 Å². The molecule has 1 aliphatic heterocycles. The highest BCUT2D eigenvalue weighted by Gasteiger charge is 2.27. The molecule has 3 heterocycles. The van der Waals surface area contributed by atoms with Crippen LogP contribution in [0.15, 0.2) is 12.1 Å². The number of anilines is 2. The minimum Gasteiger partial charge on any atom is -0.488 e. The van der Waals surface area contributed by atoms with Gasteiger partial charge < -0.3 is 20.9 Å². The molecule has 2 aliphatic rings. The average Bonchev–Trinajstić information content (AvgIpc) is 3.08. The van der Waals surface area contributed by atoms with Crippen molar-refractivity contribution in [2.24, 2.45) is 5.92 Å². The highest BCUT2D eigenvalue weighted by molar-refractivity contribution is 6.31. The second-order valence-electron chi connectivity index (χ2n) is 7.09. The fraction of sp³-hybridized carbons (Fsp3) is 0.421. The second kappa shape index (κ2) is 7.32. The van der Waals surface area contributed by atoms with Crippen molar-refractivity contribution in [1.29, 1.82) is 0 Å². The maximum absolute atomic E-state index is 9.38. The molecule has 7 nitrogen and oxygen atoms in total. The van der Waals surface area contributed by atoms with Gasteiger partial charge in [0.2, 0.25) is 5.95 Å². The molecule has 2 aromatic rings. The summed E-state index contributed by atoms with van der Waals surface area (Å²) in [4.78, 5) is 13.0. The number of aliphatic hydroxyl groups excluding tert-OH is 1. The van der Waals surface area contributed by atoms with Crippen LogP contribution >= 0.6 is 11.6 Å². The molecule has 1 fully saturated rings. The fourth-order valence-electron chi connectivity index (χ4n) is 3.66. The number of aromatic nitrogens is 3. The van der Waals surface area contributed by atoms with Crippen molar-refractivity contribution in [3.05, 3.63) is 39.8 Å². The Hall–Kier alpha value is -2.38. The van der Waals surface area contributed by atoms with Crippen molar-refractivity contribution < 1.29 is 9.84 Å². The molecular formula is C19H22ClN5O2. The van der Waals surface area contributed by atoms with E-state index in [1.807, 2.05) is 25.1 Å². The van der Waals surface area contributed by atoms with E-state index in [9.17, 15) is 5.11 Å². The summed E-state index contributed by atoms with van der Waals surface area (Å²) in [7, 11) is 0. The molecule has 2 aromatic heterocycles. The Bertz CT molecular complexity index is 902. The van der Waals surface area contributed by atoms with Gasteiger partial charge in [-0.3, -0.25) is 4.98 Å². The molecule has 0 amide bonds. The summed E-state index contributed by atoms with van der Waals surface area (Å²) in [6, 6.07) is 4.17. The summed E-state index contributed by atoms with van der Waals surface area (Å²) in [6.45, 7) is 2.56. The maximum atomic E-state index is 9.38. The van der Waals surface area contributed by atoms with E-state index >= 15 is 0 Å². The predicted octanol–water partition coefficient (Wildman–Crippen LogP) is 3.02. The van der Waals surface area contributed by atoms with E-state index in [0.29, 0.717) is 29.7 Å². The van der Waals surface area contributed by atoms with Gasteiger partial charge in [0.1, 0.15) is 23.3 Å². The highest BCUT2D eigenvalue weighted by atomic mass is 35.5. The number of pyridine rings is 1. The Morgan fingerprint density at radius 1 is 1.30 bits per heavy atom. The van der Waals surface area contributed by atoms with E-state index in [0.717, 1.165) is 36.2 Å². The quantitative estimate of drug-likeness (QED) is 0.692. The monoisotopic (exact) mass is 387 g/mol. The zero-order valence-electron chi connectivity index (χ0n) is 15.1. The van der Waals surface area contributed by atoms with Gasteiger partial charge in [0.15, 0.2) is 0 Å². The Morgan fingerprint density at radius 3 is 2.93 bits per heavy atom. The minimum atomic E-state index is 0.105. The lowest BCUT2D eigenvalue weighted by Crippen LogP contribution is -2.20. The summed E-state index contributed by atoms with van der Waals surface area (Å²) < 4.78 is 5.93. The third-order valence-corrected chi connectivity index (χ3v) is 5.34. The van der Waals surface area contributed by atoms with E-state index in [1.54, 1.807) is 0 Å². The molecule has 4 N–H and O–H groups in total. The maximum Gasteiger partial charge on any atom is 0.223 e. The first-order valence-corrected chi connectivity index (χ1v) is 9.43. The van der Waals surface area contributed by atoms with Crippen molar-refractivity contribution in [2.45, 2.75) is 38.8 Å². The third kappa shape index (κ3) is 3.70. The first-order chi connectivity index (χ1) is 13.0. The molecule has 4 rings (SSSR count). The van der Waals surface area contributed by atoms with Crippen LogP contribution in [-0.4, -0.2) is 32.7 Å². The number of halogens is 1. The zero-order valence-corrected chi connectivity index (χ0v) is 15.8. The molecule has 2 atom stereocenters. The van der Waals surface area contributed by atoms with Crippen LogP contribution in [0, 0.1) is 12.8 Å². The van der Waals surface area contributed by atoms with Crippen molar-refractivity contribution >= 4 is 35.2 Å². The lowest BCUT2D eigenvalue weighted by Gasteiger charge is -2.22. The first kappa shape index (κ1) is 18.0. The first-order valence-electron chi connectivity index (χ1n) is 9.05. The molecule has 0 aromatic carbocycles. The van der Waals surface area contributed by atoms with Crippen molar-refractivity contribution in [3.63, 3.8) is 0 Å². The van der Waals surface area contributed by atoms with Gasteiger partial charge in [-0.05, 0) is 38.2 Å². The number of nitrogens with one attached hydrogen (secondary N) is 1. The van der Waals surface area contributed by atoms with E-state index < -0.39 is 0 Å². The van der Waals surface area contributed by atoms with Crippen molar-refractivity contribution in [1.82, 2.24) is 15.0 Å². The Labute approximate surface area is 162 Å². The molecule has 27 heavy (non-hydrogen) atoms. The zero-order chi connectivity index (χ0) is 19.0. The van der Waals surface area contributed by atoms with Gasteiger partial charge in [-0.25, -0.2) is 4.98 Å². The largest absolute Gasteiger partial charge is 0.488 e. The number of fused-ring (bicyclic) bond motifs is 1. The smallest absolute Gasteiger partial charge is 0.223 e. The molecule has 1 saturated carbocycles. The molecule has 2 unspecified atom stereocenters. The normalized spacial score (nSPS) is 21.4. The second-order valence-corrected chi connectivity index (χ2v) is 7.45. The number of ether oxygens (including phenoxy) is 1. The number of hydrogen-bond donors (Lipinski definition) is 3. The van der Waals surface area contributed by atoms with Crippen LogP contribution in [-0.2, 0) is 11.3 Å². The average molecular weight is 388 g/mol. The number of aliphatic hydroxyl groups is 1. The molecule has 142 valence electrons. The number of hydrogen-bond acceptors (Lipinski definition) is 7. The van der Waals surface area contributed by atoms with Gasteiger partial charge in [0, 0.05) is 30.0 Å². The summed E-state index contributed by atoms with van der Waals surface area (Å²) in [5.41, 5.74) is 9.23. The van der Waals surface area contributed by atoms with Crippen LogP contribution in [0.1, 0.15) is 41.8 Å². The van der Waals surface area contributed by atoms with Crippen LogP contribution in [0.25, 0.3) is 11.8 Å². The molecule has 0 bridgehead atoms. The standard InChI is InChI=1S/C19H22ClN5O2/c1-10-2-4-12-9-27-15(7-14(12)22-10)16-17(20)24-19(21)25-18(16)23-13-5-3-11(6-13)8-26/h2,4,7,11,13,26H,3,5-6,8-9H2,1H3,(H3,21,23,24,25). The molecule has 0 spiro atoms. The topological polar surface area (TPSA) is 106 Å². The Morgan fingerprint density at radius 2 is 2.15 bits per heavy atom. The molecular weight excluding hydrogens is 366 g/mol. The number of nitrogens with two attached hydrogens (primary N) is 1. The third-order valence-electron chi connectivity index (χ3n) is 5.07. The fourth-order valence-corrected chi connectivity index (χ4v) is 3.93. The summed E-state index contributed by atoms with van der Waals surface area (Å²) in [5.74, 6) is 1.54. The summed E-state index contributed by atoms with van der Waals surface area (Å²) >= 11 is 6.42. The van der Waals surface area contributed by atoms with Crippen LogP contribution in [0.5, 0.6) is 0 Å². The lowest BCUT2D eigenvalue weighted by atomic mass is 10.1. The van der Waals surface area contributed by atoms with E-state index in [4.69, 9.17) is 22.1 Å². The number of rotatable bonds is 4. The number of aryl methyl sites for hydroxylation is 1. The molecule has 1 aliphatic carbocycles. The Kier molecular flexibility index (Phi) is 4.88. The van der Waals surface area contributed by atoms with Gasteiger partial charge in [-0.2, -0.15) is 4.98 Å². The predicted molar refractivity (Wildman–Crippen MR) is 105 cm³/mol. The lowest BCUT2D eigenvalue weighted by molar-refractivity contribution is 0.229. The van der Waals surface area contributed by atoms with Gasteiger partial charge >= 0.3 is 0 Å². The summed E-state index contributed by atoms with van der Waals surface area (Å²) in [5, 5.41) is 13.0. The van der Waals surface area contributed by atoms with Crippen molar-refractivity contribution in [2.75, 3.05) is 17.7 Å². The van der Waals surface area contributed by atoms with Crippen LogP contribution in [0.3, 0.4) is 0 Å². The Balaban J connectivity index is 1.70. The molecule has 0 saturated heterocycles. The van der Waals surface area contributed by atoms with Gasteiger partial charge in [0.05, 0.1) is 11.3 Å². The minimum absolute atomic E-state index is 0.105. The van der Waals surface area contributed by atoms with E-state index in [1.165, 1.54) is 0 Å². The molecule has 0 radical (unpaired) electrons. The van der Waals surface area contributed by atoms with Crippen molar-refractivity contribution in [3.8, 4) is 0 Å². The summed E-state index contributed by atoms with van der Waals surface area (Å²) in [6.07, 6.45) is 4.67.